The minimum Gasteiger partial charge on any atom is -0.320 e. The zero-order valence-electron chi connectivity index (χ0n) is 12.5. The standard InChI is InChI=1S/C16H22N2O2S/c1-13(2)15-9-11-18(12-15)21(19,20)16-8-4-3-6-14(16)7-5-10-17/h3-4,6,8,13,15H,9-12,17H2,1-2H3. The van der Waals surface area contributed by atoms with Crippen molar-refractivity contribution in [3.05, 3.63) is 29.8 Å². The Balaban J connectivity index is 2.33. The van der Waals surface area contributed by atoms with Gasteiger partial charge in [-0.1, -0.05) is 37.8 Å². The Kier molecular flexibility index (Phi) is 5.04. The van der Waals surface area contributed by atoms with E-state index in [9.17, 15) is 8.42 Å². The molecule has 1 heterocycles. The highest BCUT2D eigenvalue weighted by Crippen LogP contribution is 2.29. The summed E-state index contributed by atoms with van der Waals surface area (Å²) in [5, 5.41) is 0. The largest absolute Gasteiger partial charge is 0.320 e. The second-order valence-corrected chi connectivity index (χ2v) is 7.56. The van der Waals surface area contributed by atoms with E-state index < -0.39 is 10.0 Å². The monoisotopic (exact) mass is 306 g/mol. The van der Waals surface area contributed by atoms with Crippen molar-refractivity contribution in [1.29, 1.82) is 0 Å². The lowest BCUT2D eigenvalue weighted by molar-refractivity contribution is 0.388. The Morgan fingerprint density at radius 3 is 2.71 bits per heavy atom. The Morgan fingerprint density at radius 1 is 1.38 bits per heavy atom. The second-order valence-electron chi connectivity index (χ2n) is 5.66. The maximum Gasteiger partial charge on any atom is 0.244 e. The van der Waals surface area contributed by atoms with Gasteiger partial charge in [-0.05, 0) is 30.4 Å². The molecule has 21 heavy (non-hydrogen) atoms. The van der Waals surface area contributed by atoms with Crippen molar-refractivity contribution in [1.82, 2.24) is 4.31 Å². The summed E-state index contributed by atoms with van der Waals surface area (Å²) >= 11 is 0. The molecule has 1 unspecified atom stereocenters. The van der Waals surface area contributed by atoms with Gasteiger partial charge in [-0.25, -0.2) is 8.42 Å². The number of nitrogens with zero attached hydrogens (tertiary/aromatic N) is 1. The highest BCUT2D eigenvalue weighted by atomic mass is 32.2. The van der Waals surface area contributed by atoms with Crippen LogP contribution in [-0.2, 0) is 10.0 Å². The molecule has 2 N–H and O–H groups in total. The van der Waals surface area contributed by atoms with Gasteiger partial charge in [0.05, 0.1) is 11.4 Å². The molecule has 1 aromatic rings. The summed E-state index contributed by atoms with van der Waals surface area (Å²) in [6, 6.07) is 6.88. The van der Waals surface area contributed by atoms with Crippen LogP contribution in [0.25, 0.3) is 0 Å². The van der Waals surface area contributed by atoms with E-state index in [1.807, 2.05) is 0 Å². The third kappa shape index (κ3) is 3.46. The van der Waals surface area contributed by atoms with Gasteiger partial charge in [0, 0.05) is 18.7 Å². The van der Waals surface area contributed by atoms with Crippen molar-refractivity contribution >= 4 is 10.0 Å². The van der Waals surface area contributed by atoms with Gasteiger partial charge >= 0.3 is 0 Å². The third-order valence-corrected chi connectivity index (χ3v) is 5.88. The first kappa shape index (κ1) is 16.0. The summed E-state index contributed by atoms with van der Waals surface area (Å²) in [6.45, 7) is 5.68. The van der Waals surface area contributed by atoms with E-state index in [1.54, 1.807) is 28.6 Å². The molecule has 4 nitrogen and oxygen atoms in total. The normalized spacial score (nSPS) is 19.5. The van der Waals surface area contributed by atoms with E-state index in [2.05, 4.69) is 25.7 Å². The number of hydrogen-bond acceptors (Lipinski definition) is 3. The first-order valence-corrected chi connectivity index (χ1v) is 8.69. The number of benzene rings is 1. The third-order valence-electron chi connectivity index (χ3n) is 3.96. The SMILES string of the molecule is CC(C)C1CCN(S(=O)(=O)c2ccccc2C#CCN)C1. The van der Waals surface area contributed by atoms with Crippen LogP contribution < -0.4 is 5.73 Å². The molecule has 1 aliphatic heterocycles. The van der Waals surface area contributed by atoms with Crippen LogP contribution in [0.15, 0.2) is 29.2 Å². The lowest BCUT2D eigenvalue weighted by atomic mass is 9.96. The molecule has 1 fully saturated rings. The topological polar surface area (TPSA) is 63.4 Å². The van der Waals surface area contributed by atoms with Crippen molar-refractivity contribution in [3.63, 3.8) is 0 Å². The lowest BCUT2D eigenvalue weighted by Crippen LogP contribution is -2.30. The minimum atomic E-state index is -3.48. The molecule has 114 valence electrons. The summed E-state index contributed by atoms with van der Waals surface area (Å²) < 4.78 is 27.2. The van der Waals surface area contributed by atoms with Gasteiger partial charge in [0.1, 0.15) is 0 Å². The smallest absolute Gasteiger partial charge is 0.244 e. The van der Waals surface area contributed by atoms with Crippen molar-refractivity contribution in [3.8, 4) is 11.8 Å². The van der Waals surface area contributed by atoms with Crippen LogP contribution >= 0.6 is 0 Å². The fraction of sp³-hybridized carbons (Fsp3) is 0.500. The fourth-order valence-electron chi connectivity index (χ4n) is 2.60. The molecule has 0 bridgehead atoms. The zero-order valence-corrected chi connectivity index (χ0v) is 13.4. The molecule has 0 aromatic heterocycles. The minimum absolute atomic E-state index is 0.216. The van der Waals surface area contributed by atoms with E-state index in [1.165, 1.54) is 0 Å². The molecule has 1 atom stereocenters. The Labute approximate surface area is 127 Å². The molecule has 1 aromatic carbocycles. The molecule has 5 heteroatoms. The van der Waals surface area contributed by atoms with Gasteiger partial charge in [0.15, 0.2) is 0 Å². The molecule has 1 aliphatic rings. The summed E-state index contributed by atoms with van der Waals surface area (Å²) in [5.74, 6) is 6.52. The molecule has 0 saturated carbocycles. The number of nitrogens with two attached hydrogens (primary N) is 1. The van der Waals surface area contributed by atoms with Crippen LogP contribution in [0.4, 0.5) is 0 Å². The predicted molar refractivity (Wildman–Crippen MR) is 84.1 cm³/mol. The molecule has 2 rings (SSSR count). The van der Waals surface area contributed by atoms with E-state index in [0.717, 1.165) is 6.42 Å². The maximum atomic E-state index is 12.8. The van der Waals surface area contributed by atoms with Crippen molar-refractivity contribution in [2.24, 2.45) is 17.6 Å². The predicted octanol–water partition coefficient (Wildman–Crippen LogP) is 1.66. The molecule has 0 spiro atoms. The number of rotatable bonds is 3. The van der Waals surface area contributed by atoms with Crippen molar-refractivity contribution in [2.75, 3.05) is 19.6 Å². The quantitative estimate of drug-likeness (QED) is 0.864. The Bertz CT molecular complexity index is 656. The second kappa shape index (κ2) is 6.61. The van der Waals surface area contributed by atoms with Gasteiger partial charge in [0.25, 0.3) is 0 Å². The van der Waals surface area contributed by atoms with E-state index in [0.29, 0.717) is 30.5 Å². The molecular weight excluding hydrogens is 284 g/mol. The first-order chi connectivity index (χ1) is 9.96. The van der Waals surface area contributed by atoms with Gasteiger partial charge in [-0.15, -0.1) is 0 Å². The maximum absolute atomic E-state index is 12.8. The van der Waals surface area contributed by atoms with Crippen molar-refractivity contribution in [2.45, 2.75) is 25.2 Å². The average molecular weight is 306 g/mol. The highest BCUT2D eigenvalue weighted by molar-refractivity contribution is 7.89. The number of hydrogen-bond donors (Lipinski definition) is 1. The molecule has 0 amide bonds. The van der Waals surface area contributed by atoms with Crippen LogP contribution in [0, 0.1) is 23.7 Å². The van der Waals surface area contributed by atoms with Gasteiger partial charge < -0.3 is 5.73 Å². The first-order valence-electron chi connectivity index (χ1n) is 7.25. The molecule has 0 aliphatic carbocycles. The zero-order chi connectivity index (χ0) is 15.5. The number of sulfonamides is 1. The van der Waals surface area contributed by atoms with Crippen LogP contribution in [0.1, 0.15) is 25.8 Å². The molecular formula is C16H22N2O2S. The average Bonchev–Trinajstić information content (AvgIpc) is 2.96. The fourth-order valence-corrected chi connectivity index (χ4v) is 4.26. The summed E-state index contributed by atoms with van der Waals surface area (Å²) in [7, 11) is -3.48. The summed E-state index contributed by atoms with van der Waals surface area (Å²) in [5.41, 5.74) is 5.90. The van der Waals surface area contributed by atoms with E-state index in [4.69, 9.17) is 5.73 Å². The Morgan fingerprint density at radius 2 is 2.10 bits per heavy atom. The van der Waals surface area contributed by atoms with Gasteiger partial charge in [-0.2, -0.15) is 4.31 Å². The van der Waals surface area contributed by atoms with Crippen LogP contribution in [0.2, 0.25) is 0 Å². The van der Waals surface area contributed by atoms with E-state index >= 15 is 0 Å². The van der Waals surface area contributed by atoms with Gasteiger partial charge in [0.2, 0.25) is 10.0 Å². The molecule has 1 saturated heterocycles. The summed E-state index contributed by atoms with van der Waals surface area (Å²) in [6.07, 6.45) is 0.924. The Hall–Kier alpha value is -1.35. The molecule has 0 radical (unpaired) electrons. The van der Waals surface area contributed by atoms with Crippen LogP contribution in [-0.4, -0.2) is 32.4 Å². The van der Waals surface area contributed by atoms with E-state index in [-0.39, 0.29) is 11.4 Å². The van der Waals surface area contributed by atoms with Crippen molar-refractivity contribution < 1.29 is 8.42 Å². The van der Waals surface area contributed by atoms with Crippen LogP contribution in [0.5, 0.6) is 0 Å². The lowest BCUT2D eigenvalue weighted by Gasteiger charge is -2.18. The van der Waals surface area contributed by atoms with Crippen LogP contribution in [0.3, 0.4) is 0 Å². The van der Waals surface area contributed by atoms with Gasteiger partial charge in [-0.3, -0.25) is 0 Å². The highest BCUT2D eigenvalue weighted by Gasteiger charge is 2.34. The summed E-state index contributed by atoms with van der Waals surface area (Å²) in [4.78, 5) is 0.287.